The van der Waals surface area contributed by atoms with E-state index in [2.05, 4.69) is 64.3 Å². The van der Waals surface area contributed by atoms with Crippen LogP contribution in [0.3, 0.4) is 0 Å². The van der Waals surface area contributed by atoms with E-state index in [0.717, 1.165) is 62.5 Å². The first kappa shape index (κ1) is 21.4. The third kappa shape index (κ3) is 5.46. The summed E-state index contributed by atoms with van der Waals surface area (Å²) in [6.07, 6.45) is 3.15. The summed E-state index contributed by atoms with van der Waals surface area (Å²) in [7, 11) is 1.82. The lowest BCUT2D eigenvalue weighted by molar-refractivity contribution is 0.0365. The molecule has 0 bridgehead atoms. The molecule has 2 aromatic carbocycles. The zero-order valence-electron chi connectivity index (χ0n) is 18.5. The Morgan fingerprint density at radius 2 is 1.77 bits per heavy atom. The lowest BCUT2D eigenvalue weighted by atomic mass is 10.1. The van der Waals surface area contributed by atoms with Crippen molar-refractivity contribution >= 4 is 22.6 Å². The number of nitrogens with one attached hydrogen (secondary N) is 1. The Morgan fingerprint density at radius 1 is 1.03 bits per heavy atom. The van der Waals surface area contributed by atoms with Gasteiger partial charge in [-0.05, 0) is 41.8 Å². The van der Waals surface area contributed by atoms with E-state index in [1.54, 1.807) is 4.90 Å². The van der Waals surface area contributed by atoms with E-state index in [4.69, 9.17) is 4.74 Å². The van der Waals surface area contributed by atoms with E-state index in [1.807, 2.05) is 19.2 Å². The van der Waals surface area contributed by atoms with Crippen molar-refractivity contribution in [3.8, 4) is 0 Å². The van der Waals surface area contributed by atoms with Gasteiger partial charge in [-0.3, -0.25) is 4.90 Å². The van der Waals surface area contributed by atoms with Gasteiger partial charge in [-0.2, -0.15) is 0 Å². The van der Waals surface area contributed by atoms with Gasteiger partial charge in [0.1, 0.15) is 0 Å². The van der Waals surface area contributed by atoms with Gasteiger partial charge in [0.2, 0.25) is 0 Å². The number of rotatable bonds is 7. The smallest absolute Gasteiger partial charge is 0.321 e. The number of amides is 2. The predicted octanol–water partition coefficient (Wildman–Crippen LogP) is 4.20. The van der Waals surface area contributed by atoms with Crippen molar-refractivity contribution in [1.82, 2.24) is 14.4 Å². The van der Waals surface area contributed by atoms with Gasteiger partial charge in [0.25, 0.3) is 0 Å². The van der Waals surface area contributed by atoms with Gasteiger partial charge in [0.15, 0.2) is 0 Å². The summed E-state index contributed by atoms with van der Waals surface area (Å²) in [4.78, 5) is 16.8. The Morgan fingerprint density at radius 3 is 2.52 bits per heavy atom. The summed E-state index contributed by atoms with van der Waals surface area (Å²) in [5.41, 5.74) is 4.44. The molecule has 0 radical (unpaired) electrons. The number of aromatic nitrogens is 1. The molecule has 0 atom stereocenters. The van der Waals surface area contributed by atoms with Crippen molar-refractivity contribution in [3.05, 3.63) is 65.9 Å². The Bertz CT molecular complexity index is 1010. The molecule has 164 valence electrons. The van der Waals surface area contributed by atoms with Crippen LogP contribution in [0.5, 0.6) is 0 Å². The third-order valence-electron chi connectivity index (χ3n) is 5.98. The van der Waals surface area contributed by atoms with Gasteiger partial charge in [-0.1, -0.05) is 31.2 Å². The molecule has 0 aliphatic carbocycles. The molecule has 0 spiro atoms. The van der Waals surface area contributed by atoms with Crippen molar-refractivity contribution in [1.29, 1.82) is 0 Å². The first-order valence-electron chi connectivity index (χ1n) is 11.1. The van der Waals surface area contributed by atoms with Crippen molar-refractivity contribution in [2.75, 3.05) is 45.2 Å². The number of carbonyl (C=O) groups excluding carboxylic acids is 1. The Balaban J connectivity index is 1.35. The molecule has 4 rings (SSSR count). The van der Waals surface area contributed by atoms with Crippen molar-refractivity contribution in [2.45, 2.75) is 26.4 Å². The molecule has 31 heavy (non-hydrogen) atoms. The number of benzene rings is 2. The van der Waals surface area contributed by atoms with E-state index in [9.17, 15) is 4.79 Å². The quantitative estimate of drug-likeness (QED) is 0.623. The predicted molar refractivity (Wildman–Crippen MR) is 126 cm³/mol. The van der Waals surface area contributed by atoms with E-state index in [-0.39, 0.29) is 6.03 Å². The Hall–Kier alpha value is -2.83. The molecular formula is C25H32N4O2. The molecule has 1 aliphatic heterocycles. The molecule has 1 saturated heterocycles. The first-order valence-corrected chi connectivity index (χ1v) is 11.1. The average molecular weight is 421 g/mol. The number of fused-ring (bicyclic) bond motifs is 1. The maximum Gasteiger partial charge on any atom is 0.321 e. The van der Waals surface area contributed by atoms with Crippen LogP contribution in [-0.4, -0.2) is 60.3 Å². The number of urea groups is 1. The van der Waals surface area contributed by atoms with Crippen LogP contribution in [0, 0.1) is 0 Å². The maximum atomic E-state index is 12.7. The number of morpholine rings is 1. The van der Waals surface area contributed by atoms with Crippen molar-refractivity contribution < 1.29 is 9.53 Å². The fourth-order valence-corrected chi connectivity index (χ4v) is 3.99. The van der Waals surface area contributed by atoms with E-state index < -0.39 is 0 Å². The van der Waals surface area contributed by atoms with Gasteiger partial charge in [-0.25, -0.2) is 4.79 Å². The van der Waals surface area contributed by atoms with Crippen molar-refractivity contribution in [3.63, 3.8) is 0 Å². The first-order chi connectivity index (χ1) is 15.1. The zero-order valence-corrected chi connectivity index (χ0v) is 18.5. The molecule has 1 fully saturated rings. The van der Waals surface area contributed by atoms with Crippen LogP contribution in [0.1, 0.15) is 18.1 Å². The minimum atomic E-state index is -0.106. The minimum absolute atomic E-state index is 0.106. The lowest BCUT2D eigenvalue weighted by Gasteiger charge is -2.26. The zero-order chi connectivity index (χ0) is 21.6. The van der Waals surface area contributed by atoms with Gasteiger partial charge in [0.05, 0.1) is 13.2 Å². The van der Waals surface area contributed by atoms with E-state index >= 15 is 0 Å². The molecule has 0 saturated carbocycles. The summed E-state index contributed by atoms with van der Waals surface area (Å²) in [5.74, 6) is 0. The van der Waals surface area contributed by atoms with Crippen molar-refractivity contribution in [2.24, 2.45) is 0 Å². The Labute approximate surface area is 184 Å². The molecule has 2 amide bonds. The molecule has 6 nitrogen and oxygen atoms in total. The van der Waals surface area contributed by atoms with Crippen LogP contribution >= 0.6 is 0 Å². The minimum Gasteiger partial charge on any atom is -0.379 e. The lowest BCUT2D eigenvalue weighted by Crippen LogP contribution is -2.38. The van der Waals surface area contributed by atoms with Crippen LogP contribution < -0.4 is 5.32 Å². The molecule has 1 N–H and O–H groups in total. The summed E-state index contributed by atoms with van der Waals surface area (Å²) in [6, 6.07) is 16.6. The van der Waals surface area contributed by atoms with Gasteiger partial charge < -0.3 is 19.5 Å². The standard InChI is InChI=1S/C25H32N4O2/c1-3-20-4-6-21(7-5-20)19-27(2)25(30)26-23-8-9-24-22(18-23)10-11-29(24)13-12-28-14-16-31-17-15-28/h4-11,18H,3,12-17,19H2,1-2H3,(H,26,30). The second-order valence-electron chi connectivity index (χ2n) is 8.19. The van der Waals surface area contributed by atoms with Crippen LogP contribution in [-0.2, 0) is 24.2 Å². The maximum absolute atomic E-state index is 12.7. The number of hydrogen-bond donors (Lipinski definition) is 1. The summed E-state index contributed by atoms with van der Waals surface area (Å²) >= 11 is 0. The summed E-state index contributed by atoms with van der Waals surface area (Å²) < 4.78 is 7.70. The van der Waals surface area contributed by atoms with E-state index in [0.29, 0.717) is 6.54 Å². The average Bonchev–Trinajstić information content (AvgIpc) is 3.21. The molecule has 2 heterocycles. The second kappa shape index (κ2) is 9.98. The fraction of sp³-hybridized carbons (Fsp3) is 0.400. The number of hydrogen-bond acceptors (Lipinski definition) is 3. The number of aryl methyl sites for hydroxylation is 1. The SMILES string of the molecule is CCc1ccc(CN(C)C(=O)Nc2ccc3c(ccn3CCN3CCOCC3)c2)cc1. The highest BCUT2D eigenvalue weighted by Crippen LogP contribution is 2.21. The third-order valence-corrected chi connectivity index (χ3v) is 5.98. The fourth-order valence-electron chi connectivity index (χ4n) is 3.99. The normalized spacial score (nSPS) is 14.6. The van der Waals surface area contributed by atoms with Gasteiger partial charge >= 0.3 is 6.03 Å². The molecule has 6 heteroatoms. The number of ether oxygens (including phenoxy) is 1. The number of carbonyl (C=O) groups is 1. The monoisotopic (exact) mass is 420 g/mol. The van der Waals surface area contributed by atoms with Gasteiger partial charge in [0, 0.05) is 62.6 Å². The Kier molecular flexibility index (Phi) is 6.89. The van der Waals surface area contributed by atoms with Gasteiger partial charge in [-0.15, -0.1) is 0 Å². The number of anilines is 1. The van der Waals surface area contributed by atoms with Crippen LogP contribution in [0.2, 0.25) is 0 Å². The van der Waals surface area contributed by atoms with E-state index in [1.165, 1.54) is 11.1 Å². The molecule has 0 unspecified atom stereocenters. The van der Waals surface area contributed by atoms with Crippen LogP contribution in [0.15, 0.2) is 54.7 Å². The molecule has 1 aromatic heterocycles. The molecular weight excluding hydrogens is 388 g/mol. The highest BCUT2D eigenvalue weighted by atomic mass is 16.5. The summed E-state index contributed by atoms with van der Waals surface area (Å²) in [6.45, 7) is 8.36. The van der Waals surface area contributed by atoms with Crippen LogP contribution in [0.4, 0.5) is 10.5 Å². The summed E-state index contributed by atoms with van der Waals surface area (Å²) in [5, 5.41) is 4.16. The highest BCUT2D eigenvalue weighted by Gasteiger charge is 2.12. The van der Waals surface area contributed by atoms with Crippen LogP contribution in [0.25, 0.3) is 10.9 Å². The molecule has 1 aliphatic rings. The molecule has 3 aromatic rings. The second-order valence-corrected chi connectivity index (χ2v) is 8.19. The highest BCUT2D eigenvalue weighted by molar-refractivity contribution is 5.92. The topological polar surface area (TPSA) is 49.7 Å². The number of nitrogens with zero attached hydrogens (tertiary/aromatic N) is 3. The largest absolute Gasteiger partial charge is 0.379 e.